The molecule has 1 rings (SSSR count). The van der Waals surface area contributed by atoms with Gasteiger partial charge in [-0.15, -0.1) is 0 Å². The number of hydrogen-bond donors (Lipinski definition) is 2. The van der Waals surface area contributed by atoms with Gasteiger partial charge < -0.3 is 15.6 Å². The molecular formula is C11H10F3NO3S. The van der Waals surface area contributed by atoms with Crippen LogP contribution in [0.1, 0.15) is 18.1 Å². The Bertz CT molecular complexity index is 516. The molecule has 1 unspecified atom stereocenters. The van der Waals surface area contributed by atoms with Gasteiger partial charge >= 0.3 is 12.1 Å². The van der Waals surface area contributed by atoms with Crippen molar-refractivity contribution in [3.05, 3.63) is 29.3 Å². The van der Waals surface area contributed by atoms with Crippen LogP contribution < -0.4 is 10.5 Å². The van der Waals surface area contributed by atoms with Crippen LogP contribution in [-0.2, 0) is 11.0 Å². The molecule has 0 aliphatic rings. The molecule has 104 valence electrons. The number of ether oxygens (including phenoxy) is 1. The molecule has 0 heterocycles. The number of carbonyl (C=O) groups is 1. The third kappa shape index (κ3) is 3.82. The Morgan fingerprint density at radius 3 is 2.47 bits per heavy atom. The number of alkyl halides is 3. The van der Waals surface area contributed by atoms with E-state index in [1.807, 2.05) is 0 Å². The molecule has 0 fully saturated rings. The van der Waals surface area contributed by atoms with Crippen molar-refractivity contribution >= 4 is 23.2 Å². The van der Waals surface area contributed by atoms with Gasteiger partial charge in [0.15, 0.2) is 6.10 Å². The van der Waals surface area contributed by atoms with E-state index in [0.29, 0.717) is 0 Å². The largest absolute Gasteiger partial charge is 0.479 e. The molecule has 8 heteroatoms. The number of aliphatic carboxylic acids is 1. The van der Waals surface area contributed by atoms with Crippen LogP contribution in [0.2, 0.25) is 0 Å². The maximum atomic E-state index is 12.8. The summed E-state index contributed by atoms with van der Waals surface area (Å²) in [5.74, 6) is -1.95. The summed E-state index contributed by atoms with van der Waals surface area (Å²) in [5.41, 5.74) is 4.16. The van der Waals surface area contributed by atoms with E-state index >= 15 is 0 Å². The van der Waals surface area contributed by atoms with Gasteiger partial charge in [0.2, 0.25) is 0 Å². The zero-order valence-electron chi connectivity index (χ0n) is 9.69. The van der Waals surface area contributed by atoms with Gasteiger partial charge in [-0.05, 0) is 25.1 Å². The van der Waals surface area contributed by atoms with Crippen LogP contribution in [0.3, 0.4) is 0 Å². The highest BCUT2D eigenvalue weighted by Crippen LogP contribution is 2.37. The van der Waals surface area contributed by atoms with Crippen molar-refractivity contribution in [3.8, 4) is 5.75 Å². The van der Waals surface area contributed by atoms with Crippen molar-refractivity contribution in [2.24, 2.45) is 5.73 Å². The van der Waals surface area contributed by atoms with Gasteiger partial charge in [0.1, 0.15) is 10.7 Å². The average molecular weight is 293 g/mol. The van der Waals surface area contributed by atoms with Crippen LogP contribution >= 0.6 is 12.2 Å². The number of carboxylic acids is 1. The van der Waals surface area contributed by atoms with Gasteiger partial charge in [-0.1, -0.05) is 12.2 Å². The second kappa shape index (κ2) is 5.43. The third-order valence-corrected chi connectivity index (χ3v) is 2.46. The summed E-state index contributed by atoms with van der Waals surface area (Å²) in [6.07, 6.45) is -6.11. The highest BCUT2D eigenvalue weighted by Gasteiger charge is 2.35. The van der Waals surface area contributed by atoms with E-state index in [-0.39, 0.29) is 10.6 Å². The number of carboxylic acid groups (broad SMARTS) is 1. The molecule has 1 aromatic carbocycles. The summed E-state index contributed by atoms with van der Waals surface area (Å²) in [6, 6.07) is 2.96. The van der Waals surface area contributed by atoms with Crippen molar-refractivity contribution in [1.82, 2.24) is 0 Å². The lowest BCUT2D eigenvalue weighted by Gasteiger charge is -2.17. The highest BCUT2D eigenvalue weighted by atomic mass is 32.1. The Morgan fingerprint density at radius 2 is 2.05 bits per heavy atom. The first-order chi connectivity index (χ1) is 8.62. The maximum absolute atomic E-state index is 12.8. The Hall–Kier alpha value is -1.83. The first-order valence-corrected chi connectivity index (χ1v) is 5.44. The molecule has 1 aromatic rings. The van der Waals surface area contributed by atoms with Crippen molar-refractivity contribution in [1.29, 1.82) is 0 Å². The Labute approximate surface area is 112 Å². The molecule has 0 saturated heterocycles. The molecule has 0 bridgehead atoms. The zero-order valence-corrected chi connectivity index (χ0v) is 10.5. The summed E-state index contributed by atoms with van der Waals surface area (Å²) >= 11 is 4.59. The second-order valence-electron chi connectivity index (χ2n) is 3.67. The normalized spacial score (nSPS) is 12.8. The van der Waals surface area contributed by atoms with Crippen LogP contribution in [0.25, 0.3) is 0 Å². The third-order valence-electron chi connectivity index (χ3n) is 2.22. The molecule has 0 aliphatic carbocycles. The Kier molecular flexibility index (Phi) is 4.35. The van der Waals surface area contributed by atoms with Gasteiger partial charge in [-0.3, -0.25) is 0 Å². The van der Waals surface area contributed by atoms with Gasteiger partial charge in [-0.2, -0.15) is 13.2 Å². The summed E-state index contributed by atoms with van der Waals surface area (Å²) in [4.78, 5) is 10.4. The molecule has 0 spiro atoms. The Balaban J connectivity index is 3.24. The van der Waals surface area contributed by atoms with Crippen LogP contribution in [0.5, 0.6) is 5.75 Å². The SMILES string of the molecule is CC(Oc1ccc(C(N)=S)cc1C(F)(F)F)C(=O)O. The quantitative estimate of drug-likeness (QED) is 0.833. The smallest absolute Gasteiger partial charge is 0.419 e. The minimum atomic E-state index is -4.70. The van der Waals surface area contributed by atoms with Crippen LogP contribution in [0.4, 0.5) is 13.2 Å². The fourth-order valence-electron chi connectivity index (χ4n) is 1.25. The molecular weight excluding hydrogens is 283 g/mol. The van der Waals surface area contributed by atoms with Crippen LogP contribution in [0, 0.1) is 0 Å². The summed E-state index contributed by atoms with van der Waals surface area (Å²) in [6.45, 7) is 1.13. The molecule has 0 aromatic heterocycles. The van der Waals surface area contributed by atoms with E-state index in [4.69, 9.17) is 15.6 Å². The standard InChI is InChI=1S/C11H10F3NO3S/c1-5(10(16)17)18-8-3-2-6(9(15)19)4-7(8)11(12,13)14/h2-5H,1H3,(H2,15,19)(H,16,17). The monoisotopic (exact) mass is 293 g/mol. The number of thiocarbonyl (C=S) groups is 1. The summed E-state index contributed by atoms with van der Waals surface area (Å²) < 4.78 is 43.3. The molecule has 1 atom stereocenters. The lowest BCUT2D eigenvalue weighted by Crippen LogP contribution is -2.24. The molecule has 3 N–H and O–H groups in total. The topological polar surface area (TPSA) is 72.5 Å². The molecule has 4 nitrogen and oxygen atoms in total. The molecule has 0 saturated carbocycles. The molecule has 0 amide bonds. The van der Waals surface area contributed by atoms with E-state index in [2.05, 4.69) is 12.2 Å². The second-order valence-corrected chi connectivity index (χ2v) is 4.11. The number of rotatable bonds is 4. The lowest BCUT2D eigenvalue weighted by atomic mass is 10.1. The van der Waals surface area contributed by atoms with E-state index in [1.165, 1.54) is 6.07 Å². The fraction of sp³-hybridized carbons (Fsp3) is 0.273. The number of halogens is 3. The van der Waals surface area contributed by atoms with E-state index in [1.54, 1.807) is 0 Å². The van der Waals surface area contributed by atoms with E-state index in [0.717, 1.165) is 19.1 Å². The minimum absolute atomic E-state index is 0.0256. The summed E-state index contributed by atoms with van der Waals surface area (Å²) in [7, 11) is 0. The van der Waals surface area contributed by atoms with Gasteiger partial charge in [0, 0.05) is 5.56 Å². The predicted molar refractivity (Wildman–Crippen MR) is 65.1 cm³/mol. The molecule has 0 radical (unpaired) electrons. The van der Waals surface area contributed by atoms with Crippen LogP contribution in [-0.4, -0.2) is 22.2 Å². The number of nitrogens with two attached hydrogens (primary N) is 1. The van der Waals surface area contributed by atoms with Crippen molar-refractivity contribution in [3.63, 3.8) is 0 Å². The van der Waals surface area contributed by atoms with Gasteiger partial charge in [-0.25, -0.2) is 4.79 Å². The summed E-state index contributed by atoms with van der Waals surface area (Å²) in [5, 5.41) is 8.63. The van der Waals surface area contributed by atoms with Crippen LogP contribution in [0.15, 0.2) is 18.2 Å². The zero-order chi connectivity index (χ0) is 14.8. The lowest BCUT2D eigenvalue weighted by molar-refractivity contribution is -0.147. The van der Waals surface area contributed by atoms with Crippen molar-refractivity contribution in [2.45, 2.75) is 19.2 Å². The fourth-order valence-corrected chi connectivity index (χ4v) is 1.38. The van der Waals surface area contributed by atoms with E-state index < -0.39 is 29.6 Å². The number of hydrogen-bond acceptors (Lipinski definition) is 3. The minimum Gasteiger partial charge on any atom is -0.479 e. The molecule has 19 heavy (non-hydrogen) atoms. The Morgan fingerprint density at radius 1 is 1.47 bits per heavy atom. The van der Waals surface area contributed by atoms with Gasteiger partial charge in [0.25, 0.3) is 0 Å². The maximum Gasteiger partial charge on any atom is 0.419 e. The van der Waals surface area contributed by atoms with E-state index in [9.17, 15) is 18.0 Å². The predicted octanol–water partition coefficient (Wildman–Crippen LogP) is 2.19. The highest BCUT2D eigenvalue weighted by molar-refractivity contribution is 7.80. The molecule has 0 aliphatic heterocycles. The first kappa shape index (κ1) is 15.2. The first-order valence-electron chi connectivity index (χ1n) is 5.03. The average Bonchev–Trinajstić information content (AvgIpc) is 2.27. The van der Waals surface area contributed by atoms with Crippen molar-refractivity contribution < 1.29 is 27.8 Å². The van der Waals surface area contributed by atoms with Crippen molar-refractivity contribution in [2.75, 3.05) is 0 Å². The van der Waals surface area contributed by atoms with Gasteiger partial charge in [0.05, 0.1) is 5.56 Å². The number of benzene rings is 1.